The highest BCUT2D eigenvalue weighted by Gasteiger charge is 2.16. The molecule has 0 saturated heterocycles. The van der Waals surface area contributed by atoms with Gasteiger partial charge in [-0.2, -0.15) is 0 Å². The highest BCUT2D eigenvalue weighted by molar-refractivity contribution is 5.94. The molecule has 8 heteroatoms. The van der Waals surface area contributed by atoms with Gasteiger partial charge in [0.2, 0.25) is 5.91 Å². The third-order valence-corrected chi connectivity index (χ3v) is 3.32. The van der Waals surface area contributed by atoms with Crippen LogP contribution in [0.1, 0.15) is 44.0 Å². The van der Waals surface area contributed by atoms with Gasteiger partial charge in [0.1, 0.15) is 6.26 Å². The van der Waals surface area contributed by atoms with Gasteiger partial charge in [-0.1, -0.05) is 13.8 Å². The molecular formula is C17H27N3O5. The van der Waals surface area contributed by atoms with Crippen molar-refractivity contribution in [2.45, 2.75) is 39.7 Å². The molecule has 0 saturated carbocycles. The third kappa shape index (κ3) is 8.78. The Labute approximate surface area is 147 Å². The van der Waals surface area contributed by atoms with Crippen molar-refractivity contribution in [2.24, 2.45) is 5.92 Å². The molecule has 0 aliphatic rings. The van der Waals surface area contributed by atoms with Crippen molar-refractivity contribution in [3.63, 3.8) is 0 Å². The maximum absolute atomic E-state index is 11.9. The Kier molecular flexibility index (Phi) is 9.13. The number of amides is 3. The molecule has 3 amide bonds. The molecule has 8 nitrogen and oxygen atoms in total. The average Bonchev–Trinajstić information content (AvgIpc) is 3.06. The van der Waals surface area contributed by atoms with Crippen molar-refractivity contribution in [3.8, 4) is 0 Å². The molecule has 0 aliphatic carbocycles. The van der Waals surface area contributed by atoms with Crippen molar-refractivity contribution >= 4 is 17.9 Å². The van der Waals surface area contributed by atoms with E-state index in [4.69, 9.17) is 9.15 Å². The summed E-state index contributed by atoms with van der Waals surface area (Å²) in [5, 5.41) is 8.14. The maximum atomic E-state index is 11.9. The molecule has 1 aromatic heterocycles. The Morgan fingerprint density at radius 3 is 2.60 bits per heavy atom. The van der Waals surface area contributed by atoms with Gasteiger partial charge in [-0.05, 0) is 25.3 Å². The zero-order valence-electron chi connectivity index (χ0n) is 15.0. The first-order chi connectivity index (χ1) is 11.9. The summed E-state index contributed by atoms with van der Waals surface area (Å²) >= 11 is 0. The van der Waals surface area contributed by atoms with Gasteiger partial charge in [-0.15, -0.1) is 0 Å². The number of ether oxygens (including phenoxy) is 1. The standard InChI is InChI=1S/C17H27N3O5/c1-4-25-17(23)20-14(9-12(2)3)10-19-15(21)5-7-18-16(22)13-6-8-24-11-13/h6,8,11-12,14H,4-5,7,9-10H2,1-3H3,(H,18,22)(H,19,21)(H,20,23). The van der Waals surface area contributed by atoms with E-state index in [1.807, 2.05) is 13.8 Å². The van der Waals surface area contributed by atoms with Crippen LogP contribution in [-0.2, 0) is 9.53 Å². The normalized spacial score (nSPS) is 11.7. The van der Waals surface area contributed by atoms with Gasteiger partial charge in [0, 0.05) is 25.6 Å². The highest BCUT2D eigenvalue weighted by Crippen LogP contribution is 2.04. The van der Waals surface area contributed by atoms with Crippen LogP contribution in [0.4, 0.5) is 4.79 Å². The minimum absolute atomic E-state index is 0.150. The molecule has 0 aliphatic heterocycles. The second-order valence-corrected chi connectivity index (χ2v) is 6.01. The second kappa shape index (κ2) is 11.1. The Bertz CT molecular complexity index is 542. The molecule has 140 valence electrons. The molecule has 0 bridgehead atoms. The smallest absolute Gasteiger partial charge is 0.407 e. The number of carbonyl (C=O) groups is 3. The summed E-state index contributed by atoms with van der Waals surface area (Å²) < 4.78 is 9.69. The van der Waals surface area contributed by atoms with E-state index in [1.165, 1.54) is 12.5 Å². The van der Waals surface area contributed by atoms with E-state index in [0.29, 0.717) is 24.6 Å². The summed E-state index contributed by atoms with van der Waals surface area (Å²) in [5.74, 6) is -0.131. The van der Waals surface area contributed by atoms with Crippen LogP contribution >= 0.6 is 0 Å². The Hall–Kier alpha value is -2.51. The summed E-state index contributed by atoms with van der Waals surface area (Å²) in [4.78, 5) is 35.1. The molecule has 0 spiro atoms. The van der Waals surface area contributed by atoms with Crippen molar-refractivity contribution in [1.82, 2.24) is 16.0 Å². The summed E-state index contributed by atoms with van der Waals surface area (Å²) in [6, 6.07) is 1.34. The Morgan fingerprint density at radius 2 is 2.00 bits per heavy atom. The number of hydrogen-bond donors (Lipinski definition) is 3. The molecule has 3 N–H and O–H groups in total. The van der Waals surface area contributed by atoms with Crippen LogP contribution < -0.4 is 16.0 Å². The first-order valence-electron chi connectivity index (χ1n) is 8.42. The fourth-order valence-corrected chi connectivity index (χ4v) is 2.21. The predicted octanol–water partition coefficient (Wildman–Crippen LogP) is 1.68. The minimum atomic E-state index is -0.491. The van der Waals surface area contributed by atoms with E-state index in [9.17, 15) is 14.4 Å². The van der Waals surface area contributed by atoms with E-state index < -0.39 is 6.09 Å². The first-order valence-corrected chi connectivity index (χ1v) is 8.42. The quantitative estimate of drug-likeness (QED) is 0.593. The largest absolute Gasteiger partial charge is 0.472 e. The molecular weight excluding hydrogens is 326 g/mol. The number of alkyl carbamates (subject to hydrolysis) is 1. The van der Waals surface area contributed by atoms with Gasteiger partial charge in [0.25, 0.3) is 5.91 Å². The van der Waals surface area contributed by atoms with Gasteiger partial charge < -0.3 is 25.1 Å². The molecule has 1 atom stereocenters. The highest BCUT2D eigenvalue weighted by atomic mass is 16.5. The third-order valence-electron chi connectivity index (χ3n) is 3.32. The van der Waals surface area contributed by atoms with Crippen LogP contribution in [0.5, 0.6) is 0 Å². The Balaban J connectivity index is 2.30. The SMILES string of the molecule is CCOC(=O)NC(CNC(=O)CCNC(=O)c1ccoc1)CC(C)C. The topological polar surface area (TPSA) is 110 Å². The molecule has 0 aromatic carbocycles. The van der Waals surface area contributed by atoms with Crippen LogP contribution in [0, 0.1) is 5.92 Å². The minimum Gasteiger partial charge on any atom is -0.472 e. The fraction of sp³-hybridized carbons (Fsp3) is 0.588. The molecule has 0 radical (unpaired) electrons. The predicted molar refractivity (Wildman–Crippen MR) is 92.1 cm³/mol. The van der Waals surface area contributed by atoms with E-state index >= 15 is 0 Å². The lowest BCUT2D eigenvalue weighted by molar-refractivity contribution is -0.121. The zero-order valence-corrected chi connectivity index (χ0v) is 15.0. The van der Waals surface area contributed by atoms with Gasteiger partial charge in [-0.3, -0.25) is 9.59 Å². The van der Waals surface area contributed by atoms with E-state index in [1.54, 1.807) is 13.0 Å². The summed E-state index contributed by atoms with van der Waals surface area (Å²) in [6.45, 7) is 6.63. The summed E-state index contributed by atoms with van der Waals surface area (Å²) in [6.07, 6.45) is 3.13. The van der Waals surface area contributed by atoms with Crippen LogP contribution in [0.25, 0.3) is 0 Å². The number of carbonyl (C=O) groups excluding carboxylic acids is 3. The van der Waals surface area contributed by atoms with Gasteiger partial charge in [0.15, 0.2) is 0 Å². The lowest BCUT2D eigenvalue weighted by Crippen LogP contribution is -2.45. The van der Waals surface area contributed by atoms with Gasteiger partial charge >= 0.3 is 6.09 Å². The van der Waals surface area contributed by atoms with Crippen molar-refractivity contribution in [1.29, 1.82) is 0 Å². The van der Waals surface area contributed by atoms with Crippen molar-refractivity contribution in [3.05, 3.63) is 24.2 Å². The Morgan fingerprint density at radius 1 is 1.24 bits per heavy atom. The molecule has 1 rings (SSSR count). The summed E-state index contributed by atoms with van der Waals surface area (Å²) in [7, 11) is 0. The number of nitrogens with one attached hydrogen (secondary N) is 3. The van der Waals surface area contributed by atoms with Crippen LogP contribution in [0.3, 0.4) is 0 Å². The molecule has 25 heavy (non-hydrogen) atoms. The molecule has 1 heterocycles. The number of rotatable bonds is 10. The van der Waals surface area contributed by atoms with Crippen molar-refractivity contribution < 1.29 is 23.5 Å². The van der Waals surface area contributed by atoms with Crippen LogP contribution in [-0.4, -0.2) is 43.6 Å². The molecule has 1 aromatic rings. The lowest BCUT2D eigenvalue weighted by Gasteiger charge is -2.20. The van der Waals surface area contributed by atoms with E-state index in [2.05, 4.69) is 16.0 Å². The monoisotopic (exact) mass is 353 g/mol. The van der Waals surface area contributed by atoms with E-state index in [-0.39, 0.29) is 30.8 Å². The van der Waals surface area contributed by atoms with E-state index in [0.717, 1.165) is 6.42 Å². The average molecular weight is 353 g/mol. The zero-order chi connectivity index (χ0) is 18.7. The number of hydrogen-bond acceptors (Lipinski definition) is 5. The van der Waals surface area contributed by atoms with Crippen LogP contribution in [0.2, 0.25) is 0 Å². The van der Waals surface area contributed by atoms with Gasteiger partial charge in [-0.25, -0.2) is 4.79 Å². The first kappa shape index (κ1) is 20.5. The lowest BCUT2D eigenvalue weighted by atomic mass is 10.0. The van der Waals surface area contributed by atoms with Crippen molar-refractivity contribution in [2.75, 3.05) is 19.7 Å². The van der Waals surface area contributed by atoms with Crippen LogP contribution in [0.15, 0.2) is 23.0 Å². The van der Waals surface area contributed by atoms with Gasteiger partial charge in [0.05, 0.1) is 18.4 Å². The molecule has 1 unspecified atom stereocenters. The maximum Gasteiger partial charge on any atom is 0.407 e. The second-order valence-electron chi connectivity index (χ2n) is 6.01. The fourth-order valence-electron chi connectivity index (χ4n) is 2.21. The molecule has 0 fully saturated rings. The summed E-state index contributed by atoms with van der Waals surface area (Å²) in [5.41, 5.74) is 0.413. The number of furan rings is 1.